The largest absolute Gasteiger partial charge is 0.471 e. The van der Waals surface area contributed by atoms with Crippen LogP contribution in [0.5, 0.6) is 0 Å². The molecule has 14 heavy (non-hydrogen) atoms. The first-order valence-corrected chi connectivity index (χ1v) is 4.52. The number of carbonyl (C=O) groups is 1. The van der Waals surface area contributed by atoms with Crippen LogP contribution in [0.2, 0.25) is 0 Å². The molecule has 0 aromatic carbocycles. The second-order valence-corrected chi connectivity index (χ2v) is 3.46. The molecule has 1 aliphatic heterocycles. The van der Waals surface area contributed by atoms with E-state index < -0.39 is 18.1 Å². The molecule has 0 spiro atoms. The molecule has 82 valence electrons. The zero-order valence-electron chi connectivity index (χ0n) is 7.82. The second-order valence-electron chi connectivity index (χ2n) is 3.46. The predicted octanol–water partition coefficient (Wildman–Crippen LogP) is 0.805. The molecule has 0 radical (unpaired) electrons. The van der Waals surface area contributed by atoms with Crippen LogP contribution >= 0.6 is 0 Å². The summed E-state index contributed by atoms with van der Waals surface area (Å²) >= 11 is 0. The van der Waals surface area contributed by atoms with E-state index in [2.05, 4.69) is 5.32 Å². The highest BCUT2D eigenvalue weighted by molar-refractivity contribution is 5.82. The Balaban J connectivity index is 2.46. The van der Waals surface area contributed by atoms with Crippen LogP contribution in [-0.4, -0.2) is 30.7 Å². The molecule has 0 aromatic heterocycles. The quantitative estimate of drug-likeness (QED) is 0.672. The van der Waals surface area contributed by atoms with E-state index in [0.717, 1.165) is 13.0 Å². The average molecular weight is 210 g/mol. The lowest BCUT2D eigenvalue weighted by Gasteiger charge is -2.30. The molecular weight excluding hydrogens is 197 g/mol. The minimum absolute atomic E-state index is 0.102. The molecule has 6 heteroatoms. The number of alkyl halides is 3. The highest BCUT2D eigenvalue weighted by Gasteiger charge is 2.40. The van der Waals surface area contributed by atoms with E-state index in [0.29, 0.717) is 6.42 Å². The molecular formula is C8H13F3N2O. The summed E-state index contributed by atoms with van der Waals surface area (Å²) in [5.74, 6) is -1.85. The number of hydrogen-bond donors (Lipinski definition) is 2. The Kier molecular flexibility index (Phi) is 3.36. The summed E-state index contributed by atoms with van der Waals surface area (Å²) in [6.07, 6.45) is -3.40. The maximum atomic E-state index is 11.9. The van der Waals surface area contributed by atoms with E-state index in [9.17, 15) is 18.0 Å². The van der Waals surface area contributed by atoms with Crippen molar-refractivity contribution < 1.29 is 18.0 Å². The van der Waals surface area contributed by atoms with Crippen molar-refractivity contribution in [3.63, 3.8) is 0 Å². The van der Waals surface area contributed by atoms with Crippen molar-refractivity contribution in [1.29, 1.82) is 0 Å². The molecule has 3 nitrogen and oxygen atoms in total. The molecule has 0 saturated carbocycles. The molecule has 0 unspecified atom stereocenters. The Morgan fingerprint density at radius 1 is 1.50 bits per heavy atom. The van der Waals surface area contributed by atoms with Crippen LogP contribution in [0.4, 0.5) is 13.2 Å². The van der Waals surface area contributed by atoms with Gasteiger partial charge in [0.25, 0.3) is 0 Å². The molecule has 1 heterocycles. The number of carbonyl (C=O) groups excluding carboxylic acids is 1. The fraction of sp³-hybridized carbons (Fsp3) is 0.875. The summed E-state index contributed by atoms with van der Waals surface area (Å²) in [6, 6.07) is -0.520. The predicted molar refractivity (Wildman–Crippen MR) is 44.7 cm³/mol. The summed E-state index contributed by atoms with van der Waals surface area (Å²) < 4.78 is 35.7. The Labute approximate surface area is 80.0 Å². The Hall–Kier alpha value is -0.780. The van der Waals surface area contributed by atoms with Gasteiger partial charge in [-0.25, -0.2) is 0 Å². The van der Waals surface area contributed by atoms with E-state index in [1.54, 1.807) is 6.92 Å². The van der Waals surface area contributed by atoms with Crippen molar-refractivity contribution in [2.75, 3.05) is 6.54 Å². The highest BCUT2D eigenvalue weighted by atomic mass is 19.4. The zero-order valence-corrected chi connectivity index (χ0v) is 7.82. The topological polar surface area (TPSA) is 41.1 Å². The van der Waals surface area contributed by atoms with Crippen molar-refractivity contribution in [1.82, 2.24) is 10.6 Å². The van der Waals surface area contributed by atoms with Gasteiger partial charge in [-0.05, 0) is 26.3 Å². The van der Waals surface area contributed by atoms with Crippen LogP contribution in [0.25, 0.3) is 0 Å². The van der Waals surface area contributed by atoms with Gasteiger partial charge < -0.3 is 10.6 Å². The maximum Gasteiger partial charge on any atom is 0.471 e. The van der Waals surface area contributed by atoms with E-state index >= 15 is 0 Å². The number of nitrogens with one attached hydrogen (secondary N) is 2. The SMILES string of the molecule is C[C@@H]1NCCC[C@@H]1NC(=O)C(F)(F)F. The minimum atomic E-state index is -4.78. The van der Waals surface area contributed by atoms with E-state index in [1.807, 2.05) is 5.32 Å². The molecule has 1 fully saturated rings. The van der Waals surface area contributed by atoms with Gasteiger partial charge in [0.05, 0.1) is 0 Å². The fourth-order valence-electron chi connectivity index (χ4n) is 1.49. The lowest BCUT2D eigenvalue weighted by molar-refractivity contribution is -0.174. The van der Waals surface area contributed by atoms with Crippen LogP contribution in [0.15, 0.2) is 0 Å². The Morgan fingerprint density at radius 2 is 2.14 bits per heavy atom. The van der Waals surface area contributed by atoms with Gasteiger partial charge in [0.15, 0.2) is 0 Å². The average Bonchev–Trinajstić information content (AvgIpc) is 2.07. The van der Waals surface area contributed by atoms with Crippen LogP contribution in [0.3, 0.4) is 0 Å². The van der Waals surface area contributed by atoms with E-state index in [4.69, 9.17) is 0 Å². The first kappa shape index (κ1) is 11.3. The van der Waals surface area contributed by atoms with E-state index in [-0.39, 0.29) is 6.04 Å². The van der Waals surface area contributed by atoms with Crippen LogP contribution in [0.1, 0.15) is 19.8 Å². The molecule has 2 N–H and O–H groups in total. The molecule has 0 aromatic rings. The van der Waals surface area contributed by atoms with Gasteiger partial charge in [-0.1, -0.05) is 0 Å². The van der Waals surface area contributed by atoms with Crippen molar-refractivity contribution in [3.8, 4) is 0 Å². The number of amides is 1. The van der Waals surface area contributed by atoms with Gasteiger partial charge in [-0.3, -0.25) is 4.79 Å². The highest BCUT2D eigenvalue weighted by Crippen LogP contribution is 2.16. The normalized spacial score (nSPS) is 28.6. The van der Waals surface area contributed by atoms with E-state index in [1.165, 1.54) is 0 Å². The maximum absolute atomic E-state index is 11.9. The van der Waals surface area contributed by atoms with Crippen LogP contribution < -0.4 is 10.6 Å². The van der Waals surface area contributed by atoms with Gasteiger partial charge in [0.2, 0.25) is 0 Å². The third-order valence-corrected chi connectivity index (χ3v) is 2.34. The summed E-state index contributed by atoms with van der Waals surface area (Å²) in [5.41, 5.74) is 0. The summed E-state index contributed by atoms with van der Waals surface area (Å²) in [5, 5.41) is 4.99. The van der Waals surface area contributed by atoms with Gasteiger partial charge in [-0.15, -0.1) is 0 Å². The zero-order chi connectivity index (χ0) is 10.8. The van der Waals surface area contributed by atoms with Crippen molar-refractivity contribution in [3.05, 3.63) is 0 Å². The second kappa shape index (κ2) is 4.16. The van der Waals surface area contributed by atoms with Gasteiger partial charge in [-0.2, -0.15) is 13.2 Å². The van der Waals surface area contributed by atoms with Crippen molar-refractivity contribution >= 4 is 5.91 Å². The smallest absolute Gasteiger partial charge is 0.344 e. The number of rotatable bonds is 1. The number of halogens is 3. The Bertz CT molecular complexity index is 217. The minimum Gasteiger partial charge on any atom is -0.344 e. The van der Waals surface area contributed by atoms with Gasteiger partial charge in [0.1, 0.15) is 0 Å². The molecule has 0 aliphatic carbocycles. The number of hydrogen-bond acceptors (Lipinski definition) is 2. The monoisotopic (exact) mass is 210 g/mol. The van der Waals surface area contributed by atoms with Gasteiger partial charge >= 0.3 is 12.1 Å². The van der Waals surface area contributed by atoms with Crippen molar-refractivity contribution in [2.24, 2.45) is 0 Å². The third kappa shape index (κ3) is 2.87. The Morgan fingerprint density at radius 3 is 2.64 bits per heavy atom. The molecule has 0 bridgehead atoms. The van der Waals surface area contributed by atoms with Crippen molar-refractivity contribution in [2.45, 2.75) is 38.0 Å². The van der Waals surface area contributed by atoms with Crippen LogP contribution in [-0.2, 0) is 4.79 Å². The molecule has 1 aliphatic rings. The standard InChI is InChI=1S/C8H13F3N2O/c1-5-6(3-2-4-12-5)13-7(14)8(9,10)11/h5-6,12H,2-4H2,1H3,(H,13,14)/t5-,6-/m0/s1. The lowest BCUT2D eigenvalue weighted by Crippen LogP contribution is -2.54. The molecule has 1 rings (SSSR count). The summed E-state index contributed by atoms with van der Waals surface area (Å²) in [4.78, 5) is 10.6. The van der Waals surface area contributed by atoms with Crippen LogP contribution in [0, 0.1) is 0 Å². The first-order valence-electron chi connectivity index (χ1n) is 4.52. The van der Waals surface area contributed by atoms with Gasteiger partial charge in [0, 0.05) is 12.1 Å². The summed E-state index contributed by atoms with van der Waals surface area (Å²) in [7, 11) is 0. The molecule has 1 saturated heterocycles. The number of piperidine rings is 1. The third-order valence-electron chi connectivity index (χ3n) is 2.34. The molecule has 2 atom stereocenters. The summed E-state index contributed by atoms with van der Waals surface area (Å²) in [6.45, 7) is 2.56. The molecule has 1 amide bonds. The first-order chi connectivity index (χ1) is 6.41. The fourth-order valence-corrected chi connectivity index (χ4v) is 1.49. The lowest BCUT2D eigenvalue weighted by atomic mass is 10.00.